The first kappa shape index (κ1) is 16.8. The minimum Gasteiger partial charge on any atom is -0.457 e. The van der Waals surface area contributed by atoms with Crippen LogP contribution in [0, 0.1) is 25.5 Å². The van der Waals surface area contributed by atoms with Crippen molar-refractivity contribution in [3.63, 3.8) is 0 Å². The molecule has 4 nitrogen and oxygen atoms in total. The van der Waals surface area contributed by atoms with E-state index >= 15 is 0 Å². The summed E-state index contributed by atoms with van der Waals surface area (Å²) in [6, 6.07) is 7.88. The quantitative estimate of drug-likeness (QED) is 0.531. The molecule has 0 N–H and O–H groups in total. The molecule has 128 valence electrons. The van der Waals surface area contributed by atoms with Crippen LogP contribution in [-0.2, 0) is 11.3 Å². The molecule has 0 amide bonds. The van der Waals surface area contributed by atoms with Gasteiger partial charge < -0.3 is 9.15 Å². The monoisotopic (exact) mass is 344 g/mol. The molecule has 0 fully saturated rings. The normalized spacial score (nSPS) is 10.9. The predicted molar refractivity (Wildman–Crippen MR) is 87.4 cm³/mol. The first-order valence-corrected chi connectivity index (χ1v) is 7.52. The smallest absolute Gasteiger partial charge is 0.344 e. The number of benzene rings is 2. The van der Waals surface area contributed by atoms with Crippen molar-refractivity contribution in [3.8, 4) is 0 Å². The van der Waals surface area contributed by atoms with Crippen LogP contribution in [0.2, 0.25) is 0 Å². The minimum absolute atomic E-state index is 0.308. The van der Waals surface area contributed by atoms with Crippen molar-refractivity contribution in [1.29, 1.82) is 0 Å². The lowest BCUT2D eigenvalue weighted by atomic mass is 10.0. The van der Waals surface area contributed by atoms with E-state index in [1.807, 2.05) is 19.9 Å². The fourth-order valence-electron chi connectivity index (χ4n) is 2.55. The molecule has 6 heteroatoms. The van der Waals surface area contributed by atoms with Crippen LogP contribution in [0.1, 0.15) is 27.0 Å². The summed E-state index contributed by atoms with van der Waals surface area (Å²) >= 11 is 0. The molecule has 0 saturated carbocycles. The molecule has 0 unspecified atom stereocenters. The van der Waals surface area contributed by atoms with Crippen LogP contribution in [0.5, 0.6) is 0 Å². The van der Waals surface area contributed by atoms with Crippen LogP contribution in [0.4, 0.5) is 8.78 Å². The van der Waals surface area contributed by atoms with Crippen molar-refractivity contribution < 1.29 is 22.7 Å². The van der Waals surface area contributed by atoms with Gasteiger partial charge in [-0.2, -0.15) is 0 Å². The summed E-state index contributed by atoms with van der Waals surface area (Å²) in [6.07, 6.45) is 0. The number of fused-ring (bicyclic) bond motifs is 1. The highest BCUT2D eigenvalue weighted by Crippen LogP contribution is 2.24. The Balaban J connectivity index is 1.95. The molecule has 1 aromatic heterocycles. The second-order valence-electron chi connectivity index (χ2n) is 5.65. The minimum atomic E-state index is -1.14. The zero-order valence-electron chi connectivity index (χ0n) is 13.6. The van der Waals surface area contributed by atoms with Gasteiger partial charge in [0.1, 0.15) is 29.4 Å². The van der Waals surface area contributed by atoms with E-state index in [-0.39, 0.29) is 6.61 Å². The number of hydrogen-bond donors (Lipinski definition) is 0. The number of hydrogen-bond acceptors (Lipinski definition) is 4. The second kappa shape index (κ2) is 6.47. The van der Waals surface area contributed by atoms with Crippen molar-refractivity contribution >= 4 is 16.9 Å². The molecule has 0 aliphatic heterocycles. The molecule has 1 heterocycles. The van der Waals surface area contributed by atoms with E-state index in [0.717, 1.165) is 29.3 Å². The Morgan fingerprint density at radius 1 is 1.12 bits per heavy atom. The van der Waals surface area contributed by atoms with Gasteiger partial charge in [0, 0.05) is 17.0 Å². The molecule has 0 aliphatic carbocycles. The van der Waals surface area contributed by atoms with Gasteiger partial charge in [0.2, 0.25) is 0 Å². The van der Waals surface area contributed by atoms with E-state index in [2.05, 4.69) is 0 Å². The third-order valence-electron chi connectivity index (χ3n) is 4.04. The fourth-order valence-corrected chi connectivity index (χ4v) is 2.55. The van der Waals surface area contributed by atoms with E-state index in [0.29, 0.717) is 16.5 Å². The maximum atomic E-state index is 13.6. The molecular formula is C19H14F2O4. The Labute approximate surface area is 141 Å². The number of aryl methyl sites for hydroxylation is 2. The van der Waals surface area contributed by atoms with Gasteiger partial charge in [-0.1, -0.05) is 18.2 Å². The maximum Gasteiger partial charge on any atom is 0.344 e. The topological polar surface area (TPSA) is 56.5 Å². The zero-order valence-corrected chi connectivity index (χ0v) is 13.6. The molecule has 2 aromatic carbocycles. The molecule has 0 bridgehead atoms. The highest BCUT2D eigenvalue weighted by molar-refractivity contribution is 5.90. The second-order valence-corrected chi connectivity index (χ2v) is 5.65. The predicted octanol–water partition coefficient (Wildman–Crippen LogP) is 4.05. The molecule has 3 rings (SSSR count). The number of carbonyl (C=O) groups excluding carboxylic acids is 1. The molecule has 0 spiro atoms. The Bertz CT molecular complexity index is 1020. The average Bonchev–Trinajstić information content (AvgIpc) is 2.56. The third-order valence-corrected chi connectivity index (χ3v) is 4.04. The lowest BCUT2D eigenvalue weighted by molar-refractivity contribution is 0.0462. The van der Waals surface area contributed by atoms with Gasteiger partial charge in [-0.15, -0.1) is 0 Å². The van der Waals surface area contributed by atoms with Gasteiger partial charge in [0.05, 0.1) is 0 Å². The molecule has 0 atom stereocenters. The van der Waals surface area contributed by atoms with E-state index < -0.39 is 28.8 Å². The van der Waals surface area contributed by atoms with Crippen molar-refractivity contribution in [2.75, 3.05) is 0 Å². The fraction of sp³-hybridized carbons (Fsp3) is 0.158. The van der Waals surface area contributed by atoms with E-state index in [4.69, 9.17) is 9.15 Å². The van der Waals surface area contributed by atoms with Gasteiger partial charge in [0.25, 0.3) is 0 Å². The SMILES string of the molecule is Cc1ccc2c(COC(=O)c3c(F)cccc3F)cc(=O)oc2c1C. The summed E-state index contributed by atoms with van der Waals surface area (Å²) in [5.41, 5.74) is 1.18. The van der Waals surface area contributed by atoms with Crippen LogP contribution in [-0.4, -0.2) is 5.97 Å². The summed E-state index contributed by atoms with van der Waals surface area (Å²) < 4.78 is 37.5. The number of ether oxygens (including phenoxy) is 1. The van der Waals surface area contributed by atoms with Gasteiger partial charge in [-0.05, 0) is 37.1 Å². The Hall–Kier alpha value is -3.02. The van der Waals surface area contributed by atoms with Crippen LogP contribution in [0.25, 0.3) is 11.0 Å². The standard InChI is InChI=1S/C19H14F2O4/c1-10-6-7-13-12(8-16(22)25-18(13)11(10)2)9-24-19(23)17-14(20)4-3-5-15(17)21/h3-8H,9H2,1-2H3. The van der Waals surface area contributed by atoms with Gasteiger partial charge in [-0.25, -0.2) is 18.4 Å². The zero-order chi connectivity index (χ0) is 18.1. The van der Waals surface area contributed by atoms with Crippen molar-refractivity contribution in [2.45, 2.75) is 20.5 Å². The van der Waals surface area contributed by atoms with E-state index in [1.165, 1.54) is 6.07 Å². The summed E-state index contributed by atoms with van der Waals surface area (Å²) in [5.74, 6) is -3.15. The number of esters is 1. The first-order valence-electron chi connectivity index (χ1n) is 7.52. The van der Waals surface area contributed by atoms with E-state index in [9.17, 15) is 18.4 Å². The van der Waals surface area contributed by atoms with Gasteiger partial charge >= 0.3 is 11.6 Å². The Morgan fingerprint density at radius 2 is 1.80 bits per heavy atom. The Morgan fingerprint density at radius 3 is 2.48 bits per heavy atom. The third kappa shape index (κ3) is 3.15. The van der Waals surface area contributed by atoms with Crippen molar-refractivity contribution in [2.24, 2.45) is 0 Å². The van der Waals surface area contributed by atoms with Crippen molar-refractivity contribution in [1.82, 2.24) is 0 Å². The van der Waals surface area contributed by atoms with Crippen LogP contribution < -0.4 is 5.63 Å². The van der Waals surface area contributed by atoms with Gasteiger partial charge in [-0.3, -0.25) is 0 Å². The van der Waals surface area contributed by atoms with Crippen LogP contribution in [0.3, 0.4) is 0 Å². The molecule has 0 aliphatic rings. The average molecular weight is 344 g/mol. The number of halogens is 2. The van der Waals surface area contributed by atoms with Crippen LogP contribution >= 0.6 is 0 Å². The molecule has 0 saturated heterocycles. The first-order chi connectivity index (χ1) is 11.9. The number of carbonyl (C=O) groups is 1. The van der Waals surface area contributed by atoms with Crippen molar-refractivity contribution in [3.05, 3.63) is 80.7 Å². The highest BCUT2D eigenvalue weighted by atomic mass is 19.1. The number of rotatable bonds is 3. The molecule has 25 heavy (non-hydrogen) atoms. The molecule has 3 aromatic rings. The maximum absolute atomic E-state index is 13.6. The lowest BCUT2D eigenvalue weighted by Gasteiger charge is -2.10. The summed E-state index contributed by atoms with van der Waals surface area (Å²) in [5, 5.41) is 0.601. The lowest BCUT2D eigenvalue weighted by Crippen LogP contribution is -2.11. The van der Waals surface area contributed by atoms with E-state index in [1.54, 1.807) is 6.07 Å². The summed E-state index contributed by atoms with van der Waals surface area (Å²) in [4.78, 5) is 23.8. The van der Waals surface area contributed by atoms with Crippen LogP contribution in [0.15, 0.2) is 45.6 Å². The highest BCUT2D eigenvalue weighted by Gasteiger charge is 2.19. The largest absolute Gasteiger partial charge is 0.457 e. The van der Waals surface area contributed by atoms with Gasteiger partial charge in [0.15, 0.2) is 0 Å². The Kier molecular flexibility index (Phi) is 4.35. The summed E-state index contributed by atoms with van der Waals surface area (Å²) in [6.45, 7) is 3.38. The molecular weight excluding hydrogens is 330 g/mol. The molecule has 0 radical (unpaired) electrons. The summed E-state index contributed by atoms with van der Waals surface area (Å²) in [7, 11) is 0.